The highest BCUT2D eigenvalue weighted by atomic mass is 16.9. The molecule has 1 heterocycles. The first-order chi connectivity index (χ1) is 12.9. The van der Waals surface area contributed by atoms with Crippen molar-refractivity contribution in [1.29, 1.82) is 0 Å². The molecule has 6 atom stereocenters. The number of ketones is 1. The summed E-state index contributed by atoms with van der Waals surface area (Å²) in [4.78, 5) is 25.4. The third-order valence-electron chi connectivity index (χ3n) is 8.34. The molecule has 0 spiro atoms. The Morgan fingerprint density at radius 3 is 2.48 bits per heavy atom. The average Bonchev–Trinajstić information content (AvgIpc) is 3.18. The predicted octanol–water partition coefficient (Wildman–Crippen LogP) is 3.76. The van der Waals surface area contributed by atoms with E-state index in [2.05, 4.69) is 6.58 Å². The molecule has 0 aromatic rings. The molecule has 0 amide bonds. The van der Waals surface area contributed by atoms with E-state index < -0.39 is 11.7 Å². The van der Waals surface area contributed by atoms with E-state index in [1.54, 1.807) is 6.92 Å². The maximum absolute atomic E-state index is 12.9. The van der Waals surface area contributed by atoms with E-state index in [0.717, 1.165) is 25.2 Å². The van der Waals surface area contributed by atoms with E-state index in [0.29, 0.717) is 23.8 Å². The standard InChI is InChI=1S/C22H30O5/c1-12(19(24)27-18-8-15-6-4-5-7-17(15)18)21-9-16(21)10-22(11-21,13(2)23)20-25-14(3)26-20/h14-18,20H,1,4-11H2,2-3H3. The zero-order valence-electron chi connectivity index (χ0n) is 16.4. The lowest BCUT2D eigenvalue weighted by Crippen LogP contribution is -2.53. The Morgan fingerprint density at radius 2 is 1.81 bits per heavy atom. The molecule has 5 fully saturated rings. The zero-order chi connectivity index (χ0) is 19.0. The van der Waals surface area contributed by atoms with Crippen molar-refractivity contribution in [2.45, 2.75) is 83.9 Å². The highest BCUT2D eigenvalue weighted by Crippen LogP contribution is 2.74. The van der Waals surface area contributed by atoms with Crippen LogP contribution in [0, 0.1) is 28.6 Å². The van der Waals surface area contributed by atoms with E-state index >= 15 is 0 Å². The lowest BCUT2D eigenvalue weighted by molar-refractivity contribution is -0.404. The van der Waals surface area contributed by atoms with Crippen LogP contribution in [0.5, 0.6) is 0 Å². The van der Waals surface area contributed by atoms with Gasteiger partial charge in [-0.05, 0) is 70.1 Å². The fraction of sp³-hybridized carbons (Fsp3) is 0.818. The van der Waals surface area contributed by atoms with Gasteiger partial charge in [0.05, 0.1) is 5.41 Å². The van der Waals surface area contributed by atoms with Gasteiger partial charge in [-0.2, -0.15) is 0 Å². The third kappa shape index (κ3) is 2.50. The van der Waals surface area contributed by atoms with Crippen molar-refractivity contribution in [1.82, 2.24) is 0 Å². The first-order valence-corrected chi connectivity index (χ1v) is 10.6. The molecule has 0 N–H and O–H groups in total. The van der Waals surface area contributed by atoms with Gasteiger partial charge in [0.25, 0.3) is 0 Å². The summed E-state index contributed by atoms with van der Waals surface area (Å²) in [5, 5.41) is 0. The number of hydrogen-bond donors (Lipinski definition) is 0. The molecule has 5 heteroatoms. The van der Waals surface area contributed by atoms with Gasteiger partial charge in [0.1, 0.15) is 11.9 Å². The van der Waals surface area contributed by atoms with Gasteiger partial charge >= 0.3 is 5.97 Å². The molecule has 5 aliphatic rings. The molecule has 4 saturated carbocycles. The van der Waals surface area contributed by atoms with Crippen LogP contribution in [0.2, 0.25) is 0 Å². The number of carbonyl (C=O) groups is 2. The number of carbonyl (C=O) groups excluding carboxylic acids is 2. The molecule has 1 aliphatic heterocycles. The van der Waals surface area contributed by atoms with E-state index in [-0.39, 0.29) is 29.6 Å². The van der Waals surface area contributed by atoms with Crippen LogP contribution in [0.1, 0.15) is 65.2 Å². The molecule has 0 aromatic carbocycles. The third-order valence-corrected chi connectivity index (χ3v) is 8.34. The Bertz CT molecular complexity index is 695. The first kappa shape index (κ1) is 17.9. The van der Waals surface area contributed by atoms with Gasteiger partial charge in [-0.15, -0.1) is 0 Å². The van der Waals surface area contributed by atoms with Crippen molar-refractivity contribution in [2.24, 2.45) is 28.6 Å². The molecule has 4 aliphatic carbocycles. The van der Waals surface area contributed by atoms with Crippen LogP contribution in [0.25, 0.3) is 0 Å². The zero-order valence-corrected chi connectivity index (χ0v) is 16.4. The van der Waals surface area contributed by atoms with Gasteiger partial charge in [0.2, 0.25) is 0 Å². The molecule has 148 valence electrons. The molecule has 0 bridgehead atoms. The fourth-order valence-electron chi connectivity index (χ4n) is 6.49. The lowest BCUT2D eigenvalue weighted by Gasteiger charge is -2.47. The Balaban J connectivity index is 1.26. The minimum atomic E-state index is -0.635. The van der Waals surface area contributed by atoms with Crippen LogP contribution < -0.4 is 0 Å². The van der Waals surface area contributed by atoms with Gasteiger partial charge < -0.3 is 14.2 Å². The Morgan fingerprint density at radius 1 is 1.11 bits per heavy atom. The van der Waals surface area contributed by atoms with Crippen molar-refractivity contribution < 1.29 is 23.8 Å². The maximum atomic E-state index is 12.9. The molecule has 6 unspecified atom stereocenters. The van der Waals surface area contributed by atoms with Gasteiger partial charge in [0.15, 0.2) is 12.6 Å². The van der Waals surface area contributed by atoms with Crippen molar-refractivity contribution in [3.8, 4) is 0 Å². The summed E-state index contributed by atoms with van der Waals surface area (Å²) in [7, 11) is 0. The van der Waals surface area contributed by atoms with Crippen LogP contribution >= 0.6 is 0 Å². The molecule has 0 aromatic heterocycles. The maximum Gasteiger partial charge on any atom is 0.334 e. The van der Waals surface area contributed by atoms with E-state index in [1.807, 2.05) is 6.92 Å². The second-order valence-corrected chi connectivity index (χ2v) is 9.69. The summed E-state index contributed by atoms with van der Waals surface area (Å²) < 4.78 is 17.3. The van der Waals surface area contributed by atoms with Gasteiger partial charge in [0, 0.05) is 11.0 Å². The summed E-state index contributed by atoms with van der Waals surface area (Å²) in [5.74, 6) is 1.48. The average molecular weight is 374 g/mol. The summed E-state index contributed by atoms with van der Waals surface area (Å²) in [6.07, 6.45) is 7.64. The second kappa shape index (κ2) is 5.90. The van der Waals surface area contributed by atoms with E-state index in [9.17, 15) is 9.59 Å². The monoisotopic (exact) mass is 374 g/mol. The van der Waals surface area contributed by atoms with Gasteiger partial charge in [-0.1, -0.05) is 19.4 Å². The summed E-state index contributed by atoms with van der Waals surface area (Å²) >= 11 is 0. The molecule has 27 heavy (non-hydrogen) atoms. The van der Waals surface area contributed by atoms with E-state index in [1.165, 1.54) is 25.7 Å². The van der Waals surface area contributed by atoms with Crippen molar-refractivity contribution in [2.75, 3.05) is 0 Å². The smallest absolute Gasteiger partial charge is 0.334 e. The minimum absolute atomic E-state index is 0.0752. The summed E-state index contributed by atoms with van der Waals surface area (Å²) in [5.41, 5.74) is -0.351. The van der Waals surface area contributed by atoms with Crippen LogP contribution in [-0.4, -0.2) is 30.4 Å². The molecule has 5 nitrogen and oxygen atoms in total. The number of hydrogen-bond acceptors (Lipinski definition) is 5. The van der Waals surface area contributed by atoms with Crippen LogP contribution in [0.4, 0.5) is 0 Å². The highest BCUT2D eigenvalue weighted by molar-refractivity contribution is 5.92. The SMILES string of the molecule is C=C(C(=O)OC1CC2CCCCC21)C12CC1CC(C(C)=O)(C1OC(C)O1)C2. The first-order valence-electron chi connectivity index (χ1n) is 10.6. The lowest BCUT2D eigenvalue weighted by atomic mass is 9.63. The molecule has 5 rings (SSSR count). The van der Waals surface area contributed by atoms with Crippen LogP contribution in [0.15, 0.2) is 12.2 Å². The van der Waals surface area contributed by atoms with Crippen LogP contribution in [0.3, 0.4) is 0 Å². The number of fused-ring (bicyclic) bond motifs is 2. The van der Waals surface area contributed by atoms with E-state index in [4.69, 9.17) is 14.2 Å². The Labute approximate surface area is 160 Å². The van der Waals surface area contributed by atoms with Crippen molar-refractivity contribution in [3.05, 3.63) is 12.2 Å². The molecule has 0 radical (unpaired) electrons. The van der Waals surface area contributed by atoms with Gasteiger partial charge in [-0.25, -0.2) is 4.79 Å². The predicted molar refractivity (Wildman–Crippen MR) is 97.4 cm³/mol. The fourth-order valence-corrected chi connectivity index (χ4v) is 6.49. The Hall–Kier alpha value is -1.20. The second-order valence-electron chi connectivity index (χ2n) is 9.69. The van der Waals surface area contributed by atoms with Gasteiger partial charge in [-0.3, -0.25) is 4.79 Å². The van der Waals surface area contributed by atoms with Crippen molar-refractivity contribution in [3.63, 3.8) is 0 Å². The topological polar surface area (TPSA) is 61.8 Å². The van der Waals surface area contributed by atoms with Crippen LogP contribution in [-0.2, 0) is 23.8 Å². The number of ether oxygens (including phenoxy) is 3. The number of esters is 1. The summed E-state index contributed by atoms with van der Waals surface area (Å²) in [6, 6.07) is 0. The normalized spacial score (nSPS) is 49.9. The molecule has 1 saturated heterocycles. The largest absolute Gasteiger partial charge is 0.459 e. The quantitative estimate of drug-likeness (QED) is 0.542. The highest BCUT2D eigenvalue weighted by Gasteiger charge is 2.72. The molecular weight excluding hydrogens is 344 g/mol. The summed E-state index contributed by atoms with van der Waals surface area (Å²) in [6.45, 7) is 7.60. The number of Topliss-reactive ketones (excluding diaryl/α,β-unsaturated/α-hetero) is 1. The minimum Gasteiger partial charge on any atom is -0.459 e. The Kier molecular flexibility index (Phi) is 3.90. The molecular formula is C22H30O5. The van der Waals surface area contributed by atoms with Crippen molar-refractivity contribution >= 4 is 11.8 Å². The number of rotatable bonds is 5.